The van der Waals surface area contributed by atoms with Crippen LogP contribution in [0.15, 0.2) is 36.4 Å². The number of benzene rings is 2. The summed E-state index contributed by atoms with van der Waals surface area (Å²) in [6, 6.07) is 7.62. The monoisotopic (exact) mass is 376 g/mol. The van der Waals surface area contributed by atoms with E-state index in [1.165, 1.54) is 6.07 Å². The molecular weight excluding hydrogens is 354 g/mol. The van der Waals surface area contributed by atoms with Gasteiger partial charge in [-0.1, -0.05) is 26.8 Å². The Morgan fingerprint density at radius 2 is 1.78 bits per heavy atom. The molecule has 0 radical (unpaired) electrons. The summed E-state index contributed by atoms with van der Waals surface area (Å²) in [4.78, 5) is 23.9. The van der Waals surface area contributed by atoms with Crippen LogP contribution >= 0.6 is 0 Å². The largest absolute Gasteiger partial charge is 0.506 e. The second-order valence-electron chi connectivity index (χ2n) is 7.16. The Kier molecular flexibility index (Phi) is 6.15. The quantitative estimate of drug-likeness (QED) is 0.696. The molecule has 5 nitrogen and oxygen atoms in total. The number of phenolic OH excluding ortho intramolecular Hbond substituents is 1. The average molecular weight is 376 g/mol. The van der Waals surface area contributed by atoms with Gasteiger partial charge in [-0.05, 0) is 35.2 Å². The molecule has 0 spiro atoms. The topological polar surface area (TPSA) is 78.4 Å². The van der Waals surface area contributed by atoms with E-state index in [2.05, 4.69) is 10.6 Å². The first kappa shape index (κ1) is 20.4. The summed E-state index contributed by atoms with van der Waals surface area (Å²) in [5.74, 6) is -2.97. The molecule has 0 atom stereocenters. The third-order valence-electron chi connectivity index (χ3n) is 3.95. The molecule has 2 rings (SSSR count). The molecule has 0 aliphatic heterocycles. The average Bonchev–Trinajstić information content (AvgIpc) is 2.55. The molecule has 3 N–H and O–H groups in total. The van der Waals surface area contributed by atoms with Crippen LogP contribution in [0.4, 0.5) is 14.5 Å². The number of hydrogen-bond donors (Lipinski definition) is 3. The lowest BCUT2D eigenvalue weighted by molar-refractivity contribution is -0.116. The molecule has 0 aliphatic rings. The predicted molar refractivity (Wildman–Crippen MR) is 98.7 cm³/mol. The number of anilines is 1. The van der Waals surface area contributed by atoms with Crippen LogP contribution in [0.5, 0.6) is 5.75 Å². The fourth-order valence-corrected chi connectivity index (χ4v) is 2.37. The van der Waals surface area contributed by atoms with Crippen molar-refractivity contribution in [1.29, 1.82) is 0 Å². The molecule has 2 aromatic carbocycles. The molecule has 0 aromatic heterocycles. The van der Waals surface area contributed by atoms with Crippen molar-refractivity contribution in [3.63, 3.8) is 0 Å². The summed E-state index contributed by atoms with van der Waals surface area (Å²) in [6.07, 6.45) is -0.0757. The Bertz CT molecular complexity index is 861. The Morgan fingerprint density at radius 3 is 2.41 bits per heavy atom. The van der Waals surface area contributed by atoms with Crippen molar-refractivity contribution < 1.29 is 23.5 Å². The van der Waals surface area contributed by atoms with Gasteiger partial charge in [0.05, 0.1) is 11.3 Å². The van der Waals surface area contributed by atoms with Gasteiger partial charge in [-0.15, -0.1) is 0 Å². The van der Waals surface area contributed by atoms with Crippen LogP contribution in [0.25, 0.3) is 0 Å². The van der Waals surface area contributed by atoms with Gasteiger partial charge in [-0.3, -0.25) is 9.59 Å². The van der Waals surface area contributed by atoms with Crippen LogP contribution in [0.1, 0.15) is 43.1 Å². The standard InChI is InChI=1S/C20H22F2N2O3/c1-20(2,3)12-4-7-17(25)16(10-12)24-18(26)8-9-23-19(27)14-6-5-13(21)11-15(14)22/h4-7,10-11,25H,8-9H2,1-3H3,(H,23,27)(H,24,26). The zero-order valence-electron chi connectivity index (χ0n) is 15.4. The summed E-state index contributed by atoms with van der Waals surface area (Å²) in [5, 5.41) is 14.9. The Hall–Kier alpha value is -2.96. The summed E-state index contributed by atoms with van der Waals surface area (Å²) < 4.78 is 26.4. The molecule has 2 amide bonds. The molecular formula is C20H22F2N2O3. The fourth-order valence-electron chi connectivity index (χ4n) is 2.37. The normalized spacial score (nSPS) is 11.1. The lowest BCUT2D eigenvalue weighted by Crippen LogP contribution is -2.28. The third kappa shape index (κ3) is 5.51. The Labute approximate surface area is 156 Å². The Morgan fingerprint density at radius 1 is 1.07 bits per heavy atom. The van der Waals surface area contributed by atoms with E-state index < -0.39 is 23.4 Å². The SMILES string of the molecule is CC(C)(C)c1ccc(O)c(NC(=O)CCNC(=O)c2ccc(F)cc2F)c1. The number of halogens is 2. The highest BCUT2D eigenvalue weighted by Crippen LogP contribution is 2.30. The van der Waals surface area contributed by atoms with E-state index in [4.69, 9.17) is 0 Å². The van der Waals surface area contributed by atoms with Gasteiger partial charge >= 0.3 is 0 Å². The van der Waals surface area contributed by atoms with Crippen LogP contribution in [-0.4, -0.2) is 23.5 Å². The summed E-state index contributed by atoms with van der Waals surface area (Å²) in [6.45, 7) is 5.99. The van der Waals surface area contributed by atoms with E-state index in [1.807, 2.05) is 20.8 Å². The van der Waals surface area contributed by atoms with Crippen molar-refractivity contribution in [2.45, 2.75) is 32.6 Å². The predicted octanol–water partition coefficient (Wildman–Crippen LogP) is 3.73. The van der Waals surface area contributed by atoms with Crippen LogP contribution in [0.2, 0.25) is 0 Å². The first-order valence-corrected chi connectivity index (χ1v) is 8.44. The van der Waals surface area contributed by atoms with E-state index in [-0.39, 0.29) is 35.4 Å². The van der Waals surface area contributed by atoms with E-state index in [0.717, 1.165) is 17.7 Å². The Balaban J connectivity index is 1.92. The maximum atomic E-state index is 13.5. The van der Waals surface area contributed by atoms with Crippen molar-refractivity contribution in [2.75, 3.05) is 11.9 Å². The maximum Gasteiger partial charge on any atom is 0.254 e. The van der Waals surface area contributed by atoms with Crippen molar-refractivity contribution >= 4 is 17.5 Å². The first-order valence-electron chi connectivity index (χ1n) is 8.44. The molecule has 0 bridgehead atoms. The van der Waals surface area contributed by atoms with Gasteiger partial charge in [0.15, 0.2) is 0 Å². The molecule has 0 saturated heterocycles. The zero-order chi connectivity index (χ0) is 20.2. The number of carbonyl (C=O) groups excluding carboxylic acids is 2. The molecule has 7 heteroatoms. The fraction of sp³-hybridized carbons (Fsp3) is 0.300. The van der Waals surface area contributed by atoms with Gasteiger partial charge in [0.25, 0.3) is 5.91 Å². The molecule has 144 valence electrons. The van der Waals surface area contributed by atoms with Crippen molar-refractivity contribution in [3.05, 3.63) is 59.2 Å². The van der Waals surface area contributed by atoms with Crippen molar-refractivity contribution in [3.8, 4) is 5.75 Å². The number of carbonyl (C=O) groups is 2. The van der Waals surface area contributed by atoms with Gasteiger partial charge in [0, 0.05) is 19.0 Å². The maximum absolute atomic E-state index is 13.5. The van der Waals surface area contributed by atoms with Gasteiger partial charge < -0.3 is 15.7 Å². The number of phenols is 1. The highest BCUT2D eigenvalue weighted by molar-refractivity contribution is 5.95. The third-order valence-corrected chi connectivity index (χ3v) is 3.95. The molecule has 0 unspecified atom stereocenters. The minimum atomic E-state index is -0.971. The number of hydrogen-bond acceptors (Lipinski definition) is 3. The smallest absolute Gasteiger partial charge is 0.254 e. The van der Waals surface area contributed by atoms with Crippen LogP contribution in [0, 0.1) is 11.6 Å². The molecule has 0 saturated carbocycles. The van der Waals surface area contributed by atoms with E-state index in [0.29, 0.717) is 6.07 Å². The number of amides is 2. The second kappa shape index (κ2) is 8.16. The molecule has 27 heavy (non-hydrogen) atoms. The van der Waals surface area contributed by atoms with Gasteiger partial charge in [-0.2, -0.15) is 0 Å². The van der Waals surface area contributed by atoms with Crippen LogP contribution in [0.3, 0.4) is 0 Å². The highest BCUT2D eigenvalue weighted by Gasteiger charge is 2.17. The van der Waals surface area contributed by atoms with Crippen LogP contribution < -0.4 is 10.6 Å². The lowest BCUT2D eigenvalue weighted by atomic mass is 9.87. The summed E-state index contributed by atoms with van der Waals surface area (Å²) >= 11 is 0. The molecule has 0 heterocycles. The van der Waals surface area contributed by atoms with Gasteiger partial charge in [0.1, 0.15) is 17.4 Å². The van der Waals surface area contributed by atoms with E-state index in [1.54, 1.807) is 12.1 Å². The number of rotatable bonds is 5. The molecule has 0 fully saturated rings. The van der Waals surface area contributed by atoms with Crippen LogP contribution in [-0.2, 0) is 10.2 Å². The van der Waals surface area contributed by atoms with E-state index in [9.17, 15) is 23.5 Å². The first-order chi connectivity index (χ1) is 12.6. The minimum Gasteiger partial charge on any atom is -0.506 e. The van der Waals surface area contributed by atoms with Crippen molar-refractivity contribution in [1.82, 2.24) is 5.32 Å². The van der Waals surface area contributed by atoms with Gasteiger partial charge in [-0.25, -0.2) is 8.78 Å². The number of aromatic hydroxyl groups is 1. The highest BCUT2D eigenvalue weighted by atomic mass is 19.1. The second-order valence-corrected chi connectivity index (χ2v) is 7.16. The lowest BCUT2D eigenvalue weighted by Gasteiger charge is -2.20. The zero-order valence-corrected chi connectivity index (χ0v) is 15.4. The van der Waals surface area contributed by atoms with E-state index >= 15 is 0 Å². The molecule has 2 aromatic rings. The minimum absolute atomic E-state index is 0.0405. The summed E-state index contributed by atoms with van der Waals surface area (Å²) in [7, 11) is 0. The van der Waals surface area contributed by atoms with Crippen molar-refractivity contribution in [2.24, 2.45) is 0 Å². The number of nitrogens with one attached hydrogen (secondary N) is 2. The van der Waals surface area contributed by atoms with Gasteiger partial charge in [0.2, 0.25) is 5.91 Å². The molecule has 0 aliphatic carbocycles. The summed E-state index contributed by atoms with van der Waals surface area (Å²) in [5.41, 5.74) is 0.770.